The molecule has 2 amide bonds. The fourth-order valence-electron chi connectivity index (χ4n) is 3.40. The number of amides is 2. The molecule has 0 saturated heterocycles. The van der Waals surface area contributed by atoms with Gasteiger partial charge < -0.3 is 0 Å². The Balaban J connectivity index is 1.62. The van der Waals surface area contributed by atoms with Gasteiger partial charge in [0.05, 0.1) is 22.5 Å². The fraction of sp³-hybridized carbons (Fsp3) is 0.0476. The van der Waals surface area contributed by atoms with E-state index in [1.807, 2.05) is 25.1 Å². The molecule has 4 aromatic rings. The molecule has 5 rings (SSSR count). The van der Waals surface area contributed by atoms with E-state index >= 15 is 0 Å². The van der Waals surface area contributed by atoms with E-state index in [9.17, 15) is 9.59 Å². The van der Waals surface area contributed by atoms with Crippen LogP contribution in [-0.2, 0) is 0 Å². The highest BCUT2D eigenvalue weighted by Gasteiger charge is 2.37. The Labute approximate surface area is 164 Å². The minimum absolute atomic E-state index is 0.326. The molecule has 0 spiro atoms. The number of rotatable bonds is 2. The van der Waals surface area contributed by atoms with Crippen molar-refractivity contribution in [2.45, 2.75) is 6.92 Å². The van der Waals surface area contributed by atoms with E-state index in [0.717, 1.165) is 11.3 Å². The number of aromatic nitrogens is 3. The number of nitrogens with zero attached hydrogens (tertiary/aromatic N) is 4. The smallest absolute Gasteiger partial charge is 0.266 e. The summed E-state index contributed by atoms with van der Waals surface area (Å²) in [5.74, 6) is -0.652. The van der Waals surface area contributed by atoms with Crippen LogP contribution in [-0.4, -0.2) is 26.8 Å². The molecule has 3 aromatic carbocycles. The predicted molar refractivity (Wildman–Crippen MR) is 106 cm³/mol. The van der Waals surface area contributed by atoms with Crippen molar-refractivity contribution in [3.63, 3.8) is 0 Å². The van der Waals surface area contributed by atoms with Gasteiger partial charge in [-0.3, -0.25) is 9.59 Å². The average molecular weight is 389 g/mol. The lowest BCUT2D eigenvalue weighted by Crippen LogP contribution is -2.30. The Morgan fingerprint density at radius 2 is 1.39 bits per heavy atom. The normalized spacial score (nSPS) is 13.4. The van der Waals surface area contributed by atoms with Crippen LogP contribution in [0.1, 0.15) is 26.3 Å². The third kappa shape index (κ3) is 2.42. The van der Waals surface area contributed by atoms with E-state index in [2.05, 4.69) is 10.2 Å². The zero-order valence-electron chi connectivity index (χ0n) is 14.8. The second-order valence-corrected chi connectivity index (χ2v) is 7.02. The van der Waals surface area contributed by atoms with Crippen LogP contribution >= 0.6 is 11.6 Å². The third-order valence-electron chi connectivity index (χ3n) is 4.79. The number of anilines is 1. The molecule has 1 aromatic heterocycles. The van der Waals surface area contributed by atoms with Crippen LogP contribution < -0.4 is 4.90 Å². The molecule has 0 fully saturated rings. The van der Waals surface area contributed by atoms with Gasteiger partial charge in [0.25, 0.3) is 11.8 Å². The number of carbonyl (C=O) groups excluding carboxylic acids is 2. The second kappa shape index (κ2) is 6.00. The fourth-order valence-corrected chi connectivity index (χ4v) is 3.52. The zero-order valence-corrected chi connectivity index (χ0v) is 15.5. The predicted octanol–water partition coefficient (Wildman–Crippen LogP) is 4.18. The van der Waals surface area contributed by atoms with Crippen molar-refractivity contribution in [3.05, 3.63) is 82.4 Å². The maximum atomic E-state index is 12.8. The molecule has 0 aliphatic carbocycles. The molecule has 0 unspecified atom stereocenters. The van der Waals surface area contributed by atoms with E-state index in [4.69, 9.17) is 11.6 Å². The first-order valence-corrected chi connectivity index (χ1v) is 9.02. The highest BCUT2D eigenvalue weighted by Crippen LogP contribution is 2.32. The van der Waals surface area contributed by atoms with Gasteiger partial charge in [-0.2, -0.15) is 4.80 Å². The summed E-state index contributed by atoms with van der Waals surface area (Å²) in [4.78, 5) is 28.3. The van der Waals surface area contributed by atoms with Crippen molar-refractivity contribution < 1.29 is 9.59 Å². The molecular formula is C21H13ClN4O2. The Morgan fingerprint density at radius 1 is 0.821 bits per heavy atom. The first-order valence-electron chi connectivity index (χ1n) is 8.64. The summed E-state index contributed by atoms with van der Waals surface area (Å²) in [7, 11) is 0. The standard InChI is InChI=1S/C21H13ClN4O2/c1-12-10-17-18(24-26(23-17)14-8-6-13(22)7-9-14)11-19(12)25-20(27)15-4-2-3-5-16(15)21(25)28/h2-11H,1H3. The molecule has 7 heteroatoms. The molecule has 0 saturated carbocycles. The van der Waals surface area contributed by atoms with Crippen LogP contribution in [0.25, 0.3) is 16.7 Å². The molecule has 1 aliphatic heterocycles. The summed E-state index contributed by atoms with van der Waals surface area (Å²) in [6, 6.07) is 17.6. The molecule has 0 N–H and O–H groups in total. The van der Waals surface area contributed by atoms with Gasteiger partial charge in [-0.05, 0) is 61.0 Å². The topological polar surface area (TPSA) is 68.1 Å². The SMILES string of the molecule is Cc1cc2nn(-c3ccc(Cl)cc3)nc2cc1N1C(=O)c2ccccc2C1=O. The molecule has 6 nitrogen and oxygen atoms in total. The molecule has 136 valence electrons. The molecule has 28 heavy (non-hydrogen) atoms. The van der Waals surface area contributed by atoms with E-state index in [1.54, 1.807) is 42.5 Å². The van der Waals surface area contributed by atoms with Crippen molar-refractivity contribution in [2.75, 3.05) is 4.90 Å². The molecule has 0 bridgehead atoms. The number of halogens is 1. The minimum atomic E-state index is -0.326. The number of benzene rings is 3. The maximum Gasteiger partial charge on any atom is 0.266 e. The van der Waals surface area contributed by atoms with Crippen molar-refractivity contribution >= 4 is 40.1 Å². The highest BCUT2D eigenvalue weighted by molar-refractivity contribution is 6.34. The summed E-state index contributed by atoms with van der Waals surface area (Å²) >= 11 is 5.94. The highest BCUT2D eigenvalue weighted by atomic mass is 35.5. The zero-order chi connectivity index (χ0) is 19.4. The van der Waals surface area contributed by atoms with Gasteiger partial charge in [0.1, 0.15) is 11.0 Å². The lowest BCUT2D eigenvalue weighted by Gasteiger charge is -2.16. The van der Waals surface area contributed by atoms with Crippen LogP contribution in [0.4, 0.5) is 5.69 Å². The van der Waals surface area contributed by atoms with Gasteiger partial charge in [-0.25, -0.2) is 4.90 Å². The number of imide groups is 1. The average Bonchev–Trinajstić information content (AvgIpc) is 3.21. The summed E-state index contributed by atoms with van der Waals surface area (Å²) < 4.78 is 0. The van der Waals surface area contributed by atoms with Crippen molar-refractivity contribution in [2.24, 2.45) is 0 Å². The van der Waals surface area contributed by atoms with Crippen LogP contribution in [0.15, 0.2) is 60.7 Å². The number of hydrogen-bond donors (Lipinski definition) is 0. The largest absolute Gasteiger partial charge is 0.268 e. The summed E-state index contributed by atoms with van der Waals surface area (Å²) in [5.41, 5.74) is 4.14. The van der Waals surface area contributed by atoms with Gasteiger partial charge in [0.2, 0.25) is 0 Å². The number of aryl methyl sites for hydroxylation is 1. The van der Waals surface area contributed by atoms with E-state index in [1.165, 1.54) is 9.70 Å². The Bertz CT molecular complexity index is 1240. The molecule has 2 heterocycles. The van der Waals surface area contributed by atoms with E-state index in [-0.39, 0.29) is 11.8 Å². The van der Waals surface area contributed by atoms with Gasteiger partial charge in [-0.15, -0.1) is 10.2 Å². The first kappa shape index (κ1) is 16.6. The monoisotopic (exact) mass is 388 g/mol. The number of hydrogen-bond acceptors (Lipinski definition) is 4. The van der Waals surface area contributed by atoms with Crippen LogP contribution in [0.2, 0.25) is 5.02 Å². The van der Waals surface area contributed by atoms with Crippen molar-refractivity contribution in [1.82, 2.24) is 15.0 Å². The lowest BCUT2D eigenvalue weighted by molar-refractivity contribution is 0.0926. The molecule has 0 radical (unpaired) electrons. The molecule has 0 atom stereocenters. The quantitative estimate of drug-likeness (QED) is 0.483. The third-order valence-corrected chi connectivity index (χ3v) is 5.04. The van der Waals surface area contributed by atoms with Gasteiger partial charge >= 0.3 is 0 Å². The number of fused-ring (bicyclic) bond motifs is 2. The van der Waals surface area contributed by atoms with Crippen LogP contribution in [0.5, 0.6) is 0 Å². The van der Waals surface area contributed by atoms with Crippen LogP contribution in [0, 0.1) is 6.92 Å². The molecular weight excluding hydrogens is 376 g/mol. The minimum Gasteiger partial charge on any atom is -0.268 e. The second-order valence-electron chi connectivity index (χ2n) is 6.58. The Morgan fingerprint density at radius 3 is 2.00 bits per heavy atom. The first-order chi connectivity index (χ1) is 13.5. The van der Waals surface area contributed by atoms with Gasteiger partial charge in [0, 0.05) is 5.02 Å². The van der Waals surface area contributed by atoms with Gasteiger partial charge in [0.15, 0.2) is 0 Å². The van der Waals surface area contributed by atoms with Crippen LogP contribution in [0.3, 0.4) is 0 Å². The van der Waals surface area contributed by atoms with Crippen molar-refractivity contribution in [1.29, 1.82) is 0 Å². The van der Waals surface area contributed by atoms with E-state index < -0.39 is 0 Å². The van der Waals surface area contributed by atoms with Crippen molar-refractivity contribution in [3.8, 4) is 5.69 Å². The Kier molecular flexibility index (Phi) is 3.57. The Hall–Kier alpha value is -3.51. The summed E-state index contributed by atoms with van der Waals surface area (Å²) in [6.07, 6.45) is 0. The maximum absolute atomic E-state index is 12.8. The van der Waals surface area contributed by atoms with Gasteiger partial charge in [-0.1, -0.05) is 23.7 Å². The number of carbonyl (C=O) groups is 2. The molecule has 1 aliphatic rings. The summed E-state index contributed by atoms with van der Waals surface area (Å²) in [5, 5.41) is 9.62. The van der Waals surface area contributed by atoms with E-state index in [0.29, 0.717) is 32.9 Å². The lowest BCUT2D eigenvalue weighted by atomic mass is 10.1. The summed E-state index contributed by atoms with van der Waals surface area (Å²) in [6.45, 7) is 1.85.